The lowest BCUT2D eigenvalue weighted by molar-refractivity contribution is -0.383. The van der Waals surface area contributed by atoms with Crippen LogP contribution in [0.5, 0.6) is 11.8 Å². The first-order valence-electron chi connectivity index (χ1n) is 9.58. The number of nitrogens with zero attached hydrogens (tertiary/aromatic N) is 2. The van der Waals surface area contributed by atoms with Crippen molar-refractivity contribution in [1.82, 2.24) is 4.57 Å². The maximum Gasteiger partial charge on any atom is 0.277 e. The lowest BCUT2D eigenvalue weighted by Crippen LogP contribution is -2.33. The van der Waals surface area contributed by atoms with Crippen molar-refractivity contribution in [3.63, 3.8) is 0 Å². The van der Waals surface area contributed by atoms with Crippen LogP contribution in [-0.4, -0.2) is 42.6 Å². The normalized spacial score (nSPS) is 27.0. The largest absolute Gasteiger partial charge is 0.494 e. The highest BCUT2D eigenvalue weighted by Gasteiger charge is 2.65. The van der Waals surface area contributed by atoms with Gasteiger partial charge in [-0.05, 0) is 19.1 Å². The van der Waals surface area contributed by atoms with Gasteiger partial charge in [0, 0.05) is 30.9 Å². The van der Waals surface area contributed by atoms with Crippen LogP contribution in [0.25, 0.3) is 16.5 Å². The minimum atomic E-state index is -1.24. The van der Waals surface area contributed by atoms with Gasteiger partial charge in [-0.3, -0.25) is 14.7 Å². The summed E-state index contributed by atoms with van der Waals surface area (Å²) >= 11 is 0. The zero-order valence-corrected chi connectivity index (χ0v) is 16.1. The van der Waals surface area contributed by atoms with Crippen molar-refractivity contribution in [2.45, 2.75) is 37.1 Å². The maximum absolute atomic E-state index is 11.4. The van der Waals surface area contributed by atoms with Crippen molar-refractivity contribution in [3.05, 3.63) is 57.6 Å². The lowest BCUT2D eigenvalue weighted by atomic mass is 9.76. The van der Waals surface area contributed by atoms with Gasteiger partial charge in [0.1, 0.15) is 11.2 Å². The van der Waals surface area contributed by atoms with Crippen molar-refractivity contribution in [1.29, 1.82) is 0 Å². The molecule has 1 aromatic heterocycles. The molecule has 5 rings (SSSR count). The molecule has 1 saturated heterocycles. The van der Waals surface area contributed by atoms with Gasteiger partial charge in [-0.15, -0.1) is 0 Å². The number of aliphatic hydroxyl groups is 2. The Bertz CT molecular complexity index is 1220. The van der Waals surface area contributed by atoms with E-state index < -0.39 is 22.2 Å². The van der Waals surface area contributed by atoms with Gasteiger partial charge >= 0.3 is 0 Å². The molecule has 156 valence electrons. The van der Waals surface area contributed by atoms with Crippen LogP contribution in [0.3, 0.4) is 0 Å². The summed E-state index contributed by atoms with van der Waals surface area (Å²) in [5.41, 5.74) is -1.48. The van der Waals surface area contributed by atoms with E-state index in [1.54, 1.807) is 31.2 Å². The SMILES string of the molecule is C[C@]12O[C@](CCO)(C[C@@H]1O)c1c2c(O)n(-c2ccc([N+](=O)[O-])c3ccccc23)c1O. The Labute approximate surface area is 170 Å². The number of non-ortho nitro benzene ring substituents is 1. The van der Waals surface area contributed by atoms with E-state index >= 15 is 0 Å². The molecule has 3 aromatic rings. The van der Waals surface area contributed by atoms with E-state index in [1.807, 2.05) is 0 Å². The highest BCUT2D eigenvalue weighted by Crippen LogP contribution is 2.65. The van der Waals surface area contributed by atoms with Crippen LogP contribution in [-0.2, 0) is 15.9 Å². The number of nitro groups is 1. The molecule has 9 heteroatoms. The molecule has 3 heterocycles. The van der Waals surface area contributed by atoms with Crippen LogP contribution in [0.2, 0.25) is 0 Å². The van der Waals surface area contributed by atoms with Gasteiger partial charge < -0.3 is 25.2 Å². The average molecular weight is 412 g/mol. The Kier molecular flexibility index (Phi) is 3.74. The fourth-order valence-corrected chi connectivity index (χ4v) is 5.15. The predicted molar refractivity (Wildman–Crippen MR) is 106 cm³/mol. The Hall–Kier alpha value is -3.14. The third-order valence-corrected chi connectivity index (χ3v) is 6.47. The fraction of sp³-hybridized carbons (Fsp3) is 0.333. The number of benzene rings is 2. The molecule has 0 aliphatic carbocycles. The molecule has 1 fully saturated rings. The standard InChI is InChI=1S/C21H20N2O7/c1-20-15(25)10-21(30-20,8-9-24)17-16(20)18(26)22(19(17)27)13-6-7-14(23(28)29)12-5-3-2-4-11(12)13/h2-7,15,24-27H,8-10H2,1H3/t15-,20-,21+/m0/s1. The first-order valence-corrected chi connectivity index (χ1v) is 9.58. The molecule has 0 unspecified atom stereocenters. The van der Waals surface area contributed by atoms with E-state index in [2.05, 4.69) is 0 Å². The highest BCUT2D eigenvalue weighted by molar-refractivity contribution is 5.97. The van der Waals surface area contributed by atoms with Crippen LogP contribution >= 0.6 is 0 Å². The van der Waals surface area contributed by atoms with Crippen LogP contribution in [0.15, 0.2) is 36.4 Å². The summed E-state index contributed by atoms with van der Waals surface area (Å²) in [7, 11) is 0. The molecule has 2 bridgehead atoms. The number of hydrogen-bond acceptors (Lipinski definition) is 7. The van der Waals surface area contributed by atoms with E-state index in [4.69, 9.17) is 4.74 Å². The van der Waals surface area contributed by atoms with Crippen molar-refractivity contribution in [2.75, 3.05) is 6.61 Å². The second-order valence-corrected chi connectivity index (χ2v) is 8.04. The molecule has 9 nitrogen and oxygen atoms in total. The maximum atomic E-state index is 11.4. The van der Waals surface area contributed by atoms with Crippen LogP contribution < -0.4 is 0 Å². The predicted octanol–water partition coefficient (Wildman–Crippen LogP) is 2.54. The second kappa shape index (κ2) is 5.94. The molecule has 30 heavy (non-hydrogen) atoms. The van der Waals surface area contributed by atoms with Crippen molar-refractivity contribution in [2.24, 2.45) is 0 Å². The molecule has 3 atom stereocenters. The molecule has 2 aliphatic heterocycles. The number of rotatable bonds is 4. The molecule has 4 N–H and O–H groups in total. The number of nitro benzene ring substituents is 1. The Morgan fingerprint density at radius 1 is 1.17 bits per heavy atom. The van der Waals surface area contributed by atoms with Gasteiger partial charge in [-0.1, -0.05) is 18.2 Å². The monoisotopic (exact) mass is 412 g/mol. The smallest absolute Gasteiger partial charge is 0.277 e. The summed E-state index contributed by atoms with van der Waals surface area (Å²) < 4.78 is 7.29. The minimum absolute atomic E-state index is 0.0874. The van der Waals surface area contributed by atoms with E-state index in [1.165, 1.54) is 16.7 Å². The fourth-order valence-electron chi connectivity index (χ4n) is 5.15. The quantitative estimate of drug-likeness (QED) is 0.381. The number of fused-ring (bicyclic) bond motifs is 6. The molecule has 0 amide bonds. The van der Waals surface area contributed by atoms with Gasteiger partial charge in [-0.25, -0.2) is 0 Å². The van der Waals surface area contributed by atoms with Gasteiger partial charge in [0.05, 0.1) is 33.2 Å². The summed E-state index contributed by atoms with van der Waals surface area (Å²) in [5, 5.41) is 54.7. The topological polar surface area (TPSA) is 138 Å². The first kappa shape index (κ1) is 18.9. The summed E-state index contributed by atoms with van der Waals surface area (Å²) in [6.07, 6.45) is -0.606. The van der Waals surface area contributed by atoms with E-state index in [9.17, 15) is 30.5 Å². The number of aromatic hydroxyl groups is 2. The molecular formula is C21H20N2O7. The average Bonchev–Trinajstić information content (AvgIpc) is 3.23. The molecule has 2 aliphatic rings. The highest BCUT2D eigenvalue weighted by atomic mass is 16.6. The van der Waals surface area contributed by atoms with Crippen molar-refractivity contribution in [3.8, 4) is 17.4 Å². The van der Waals surface area contributed by atoms with Gasteiger partial charge in [0.2, 0.25) is 11.8 Å². The van der Waals surface area contributed by atoms with E-state index in [-0.39, 0.29) is 42.5 Å². The van der Waals surface area contributed by atoms with Crippen molar-refractivity contribution < 1.29 is 30.1 Å². The molecule has 0 saturated carbocycles. The second-order valence-electron chi connectivity index (χ2n) is 8.04. The zero-order valence-electron chi connectivity index (χ0n) is 16.1. The summed E-state index contributed by atoms with van der Waals surface area (Å²) in [6.45, 7) is 1.41. The molecule has 2 aromatic carbocycles. The Morgan fingerprint density at radius 2 is 1.83 bits per heavy atom. The summed E-state index contributed by atoms with van der Waals surface area (Å²) in [5.74, 6) is -0.576. The number of hydrogen-bond donors (Lipinski definition) is 4. The Morgan fingerprint density at radius 3 is 2.50 bits per heavy atom. The van der Waals surface area contributed by atoms with Crippen molar-refractivity contribution >= 4 is 16.5 Å². The zero-order chi connectivity index (χ0) is 21.4. The van der Waals surface area contributed by atoms with Gasteiger partial charge in [0.15, 0.2) is 0 Å². The number of aromatic nitrogens is 1. The van der Waals surface area contributed by atoms with E-state index in [0.29, 0.717) is 22.0 Å². The number of ether oxygens (including phenoxy) is 1. The van der Waals surface area contributed by atoms with Gasteiger partial charge in [0.25, 0.3) is 5.69 Å². The summed E-state index contributed by atoms with van der Waals surface area (Å²) in [4.78, 5) is 10.9. The van der Waals surface area contributed by atoms with E-state index in [0.717, 1.165) is 0 Å². The van der Waals surface area contributed by atoms with Crippen LogP contribution in [0.1, 0.15) is 30.9 Å². The number of aliphatic hydroxyl groups excluding tert-OH is 2. The third-order valence-electron chi connectivity index (χ3n) is 6.47. The molecule has 0 radical (unpaired) electrons. The van der Waals surface area contributed by atoms with Crippen LogP contribution in [0, 0.1) is 10.1 Å². The lowest BCUT2D eigenvalue weighted by Gasteiger charge is -2.26. The first-order chi connectivity index (χ1) is 14.2. The summed E-state index contributed by atoms with van der Waals surface area (Å²) in [6, 6.07) is 9.46. The molecular weight excluding hydrogens is 392 g/mol. The third kappa shape index (κ3) is 2.11. The van der Waals surface area contributed by atoms with Gasteiger partial charge in [-0.2, -0.15) is 0 Å². The molecule has 0 spiro atoms. The Balaban J connectivity index is 1.82. The minimum Gasteiger partial charge on any atom is -0.494 e. The van der Waals surface area contributed by atoms with Crippen LogP contribution in [0.4, 0.5) is 5.69 Å².